The molecule has 9 nitrogen and oxygen atoms in total. The Balaban J connectivity index is 1.83. The molecule has 0 saturated carbocycles. The van der Waals surface area contributed by atoms with Crippen molar-refractivity contribution in [2.24, 2.45) is 0 Å². The summed E-state index contributed by atoms with van der Waals surface area (Å²) in [5.41, 5.74) is 0.884. The summed E-state index contributed by atoms with van der Waals surface area (Å²) in [6.07, 6.45) is 2.20. The average molecular weight is 388 g/mol. The number of rotatable bonds is 8. The molecule has 3 rings (SSSR count). The average Bonchev–Trinajstić information content (AvgIpc) is 2.75. The molecule has 150 valence electrons. The zero-order valence-corrected chi connectivity index (χ0v) is 16.0. The molecule has 1 aliphatic rings. The molecule has 0 radical (unpaired) electrons. The number of hydrogen-bond donors (Lipinski definition) is 1. The van der Waals surface area contributed by atoms with Crippen LogP contribution in [0.5, 0.6) is 11.5 Å². The molecule has 0 bridgehead atoms. The number of hydrogen-bond acceptors (Lipinski definition) is 8. The van der Waals surface area contributed by atoms with Gasteiger partial charge in [0.05, 0.1) is 40.2 Å². The summed E-state index contributed by atoms with van der Waals surface area (Å²) in [5, 5.41) is 3.09. The molecular formula is C19H24N4O5. The highest BCUT2D eigenvalue weighted by atomic mass is 16.5. The largest absolute Gasteiger partial charge is 0.497 e. The van der Waals surface area contributed by atoms with Crippen molar-refractivity contribution in [3.05, 3.63) is 40.3 Å². The minimum absolute atomic E-state index is 0.0557. The van der Waals surface area contributed by atoms with Gasteiger partial charge in [-0.2, -0.15) is 0 Å². The number of carbonyl (C=O) groups excluding carboxylic acids is 1. The van der Waals surface area contributed by atoms with Gasteiger partial charge in [-0.15, -0.1) is 0 Å². The van der Waals surface area contributed by atoms with Crippen molar-refractivity contribution >= 4 is 17.9 Å². The molecule has 1 N–H and O–H groups in total. The van der Waals surface area contributed by atoms with Gasteiger partial charge < -0.3 is 29.2 Å². The van der Waals surface area contributed by atoms with Crippen LogP contribution in [0.3, 0.4) is 0 Å². The van der Waals surface area contributed by atoms with Crippen LogP contribution < -0.4 is 25.2 Å². The summed E-state index contributed by atoms with van der Waals surface area (Å²) in [6.45, 7) is 2.69. The lowest BCUT2D eigenvalue weighted by atomic mass is 10.2. The van der Waals surface area contributed by atoms with E-state index in [1.165, 1.54) is 10.8 Å². The van der Waals surface area contributed by atoms with E-state index in [0.717, 1.165) is 5.56 Å². The minimum atomic E-state index is -0.295. The van der Waals surface area contributed by atoms with Crippen molar-refractivity contribution in [3.63, 3.8) is 0 Å². The van der Waals surface area contributed by atoms with Gasteiger partial charge in [0, 0.05) is 31.3 Å². The van der Waals surface area contributed by atoms with Crippen LogP contribution >= 0.6 is 0 Å². The number of anilines is 2. The van der Waals surface area contributed by atoms with E-state index in [-0.39, 0.29) is 12.1 Å². The van der Waals surface area contributed by atoms with Crippen LogP contribution in [0.25, 0.3) is 0 Å². The monoisotopic (exact) mass is 388 g/mol. The summed E-state index contributed by atoms with van der Waals surface area (Å²) in [4.78, 5) is 30.4. The first-order chi connectivity index (χ1) is 13.7. The lowest BCUT2D eigenvalue weighted by molar-refractivity contribution is -0.108. The first-order valence-corrected chi connectivity index (χ1v) is 8.99. The number of methoxy groups -OCH3 is 2. The van der Waals surface area contributed by atoms with Crippen LogP contribution in [-0.4, -0.2) is 56.4 Å². The maximum atomic E-state index is 12.9. The summed E-state index contributed by atoms with van der Waals surface area (Å²) in [7, 11) is 3.16. The van der Waals surface area contributed by atoms with Gasteiger partial charge in [-0.3, -0.25) is 9.36 Å². The summed E-state index contributed by atoms with van der Waals surface area (Å²) >= 11 is 0. The number of aldehydes is 1. The summed E-state index contributed by atoms with van der Waals surface area (Å²) in [6, 6.07) is 5.47. The van der Waals surface area contributed by atoms with Crippen LogP contribution in [-0.2, 0) is 22.6 Å². The molecule has 0 atom stereocenters. The standard InChI is InChI=1S/C19H24N4O5/c1-26-15-4-3-14(17(11-15)27-2)12-20-16-13-21-19(22-6-9-28-10-7-22)23(5-8-24)18(16)25/h3-4,8,11,13,20H,5-7,9-10,12H2,1-2H3. The fourth-order valence-electron chi connectivity index (χ4n) is 3.05. The zero-order chi connectivity index (χ0) is 19.9. The van der Waals surface area contributed by atoms with Gasteiger partial charge in [0.15, 0.2) is 0 Å². The Morgan fingerprint density at radius 3 is 2.71 bits per heavy atom. The van der Waals surface area contributed by atoms with Gasteiger partial charge in [0.1, 0.15) is 23.5 Å². The van der Waals surface area contributed by atoms with Crippen LogP contribution in [0, 0.1) is 0 Å². The van der Waals surface area contributed by atoms with Gasteiger partial charge in [-0.05, 0) is 12.1 Å². The molecule has 0 amide bonds. The highest BCUT2D eigenvalue weighted by Crippen LogP contribution is 2.25. The van der Waals surface area contributed by atoms with E-state index in [9.17, 15) is 9.59 Å². The molecule has 0 unspecified atom stereocenters. The van der Waals surface area contributed by atoms with Gasteiger partial charge in [-0.1, -0.05) is 0 Å². The normalized spacial score (nSPS) is 13.9. The van der Waals surface area contributed by atoms with E-state index in [1.54, 1.807) is 20.3 Å². The Labute approximate surface area is 162 Å². The van der Waals surface area contributed by atoms with E-state index in [1.807, 2.05) is 17.0 Å². The molecule has 0 aliphatic carbocycles. The number of carbonyl (C=O) groups is 1. The van der Waals surface area contributed by atoms with E-state index in [2.05, 4.69) is 10.3 Å². The Hall–Kier alpha value is -3.07. The van der Waals surface area contributed by atoms with Crippen LogP contribution in [0.4, 0.5) is 11.6 Å². The van der Waals surface area contributed by atoms with Crippen molar-refractivity contribution in [1.82, 2.24) is 9.55 Å². The second-order valence-electron chi connectivity index (χ2n) is 6.19. The number of ether oxygens (including phenoxy) is 3. The first-order valence-electron chi connectivity index (χ1n) is 8.99. The third-order valence-electron chi connectivity index (χ3n) is 4.54. The molecule has 1 aliphatic heterocycles. The SMILES string of the molecule is COc1ccc(CNc2cnc(N3CCOCC3)n(CC=O)c2=O)c(OC)c1. The second-order valence-corrected chi connectivity index (χ2v) is 6.19. The molecule has 9 heteroatoms. The highest BCUT2D eigenvalue weighted by molar-refractivity contribution is 5.53. The number of morpholine rings is 1. The van der Waals surface area contributed by atoms with Gasteiger partial charge in [0.25, 0.3) is 5.56 Å². The lowest BCUT2D eigenvalue weighted by Crippen LogP contribution is -2.41. The maximum absolute atomic E-state index is 12.9. The smallest absolute Gasteiger partial charge is 0.278 e. The van der Waals surface area contributed by atoms with E-state index >= 15 is 0 Å². The zero-order valence-electron chi connectivity index (χ0n) is 16.0. The Bertz CT molecular complexity index is 877. The molecule has 0 spiro atoms. The quantitative estimate of drug-likeness (QED) is 0.667. The van der Waals surface area contributed by atoms with Gasteiger partial charge >= 0.3 is 0 Å². The number of nitrogens with zero attached hydrogens (tertiary/aromatic N) is 3. The summed E-state index contributed by atoms with van der Waals surface area (Å²) < 4.78 is 17.3. The van der Waals surface area contributed by atoms with E-state index in [4.69, 9.17) is 14.2 Å². The molecule has 1 aromatic heterocycles. The van der Waals surface area contributed by atoms with E-state index in [0.29, 0.717) is 62.3 Å². The van der Waals surface area contributed by atoms with Crippen molar-refractivity contribution in [2.45, 2.75) is 13.1 Å². The topological polar surface area (TPSA) is 94.9 Å². The Kier molecular flexibility index (Phi) is 6.49. The summed E-state index contributed by atoms with van der Waals surface area (Å²) in [5.74, 6) is 1.82. The molecule has 2 aromatic rings. The van der Waals surface area contributed by atoms with Crippen molar-refractivity contribution in [1.29, 1.82) is 0 Å². The Morgan fingerprint density at radius 1 is 1.25 bits per heavy atom. The van der Waals surface area contributed by atoms with Crippen molar-refractivity contribution in [2.75, 3.05) is 50.7 Å². The maximum Gasteiger partial charge on any atom is 0.278 e. The van der Waals surface area contributed by atoms with Crippen LogP contribution in [0.15, 0.2) is 29.2 Å². The number of aromatic nitrogens is 2. The van der Waals surface area contributed by atoms with Gasteiger partial charge in [-0.25, -0.2) is 4.98 Å². The van der Waals surface area contributed by atoms with Crippen LogP contribution in [0.1, 0.15) is 5.56 Å². The molecule has 1 saturated heterocycles. The fraction of sp³-hybridized carbons (Fsp3) is 0.421. The third-order valence-corrected chi connectivity index (χ3v) is 4.54. The highest BCUT2D eigenvalue weighted by Gasteiger charge is 2.19. The lowest BCUT2D eigenvalue weighted by Gasteiger charge is -2.29. The van der Waals surface area contributed by atoms with Gasteiger partial charge in [0.2, 0.25) is 5.95 Å². The van der Waals surface area contributed by atoms with E-state index < -0.39 is 0 Å². The molecule has 1 fully saturated rings. The van der Waals surface area contributed by atoms with Crippen LogP contribution in [0.2, 0.25) is 0 Å². The van der Waals surface area contributed by atoms with Crippen molar-refractivity contribution < 1.29 is 19.0 Å². The van der Waals surface area contributed by atoms with Crippen molar-refractivity contribution in [3.8, 4) is 11.5 Å². The Morgan fingerprint density at radius 2 is 2.04 bits per heavy atom. The molecule has 2 heterocycles. The molecule has 1 aromatic carbocycles. The number of nitrogens with one attached hydrogen (secondary N) is 1. The minimum Gasteiger partial charge on any atom is -0.497 e. The third kappa shape index (κ3) is 4.25. The molecular weight excluding hydrogens is 364 g/mol. The fourth-order valence-corrected chi connectivity index (χ4v) is 3.05. The predicted molar refractivity (Wildman–Crippen MR) is 104 cm³/mol. The first kappa shape index (κ1) is 19.7. The predicted octanol–water partition coefficient (Wildman–Crippen LogP) is 0.908. The number of benzene rings is 1. The second kappa shape index (κ2) is 9.23. The molecule has 28 heavy (non-hydrogen) atoms.